The maximum absolute atomic E-state index is 12.3. The minimum Gasteiger partial charge on any atom is -0.378 e. The van der Waals surface area contributed by atoms with E-state index in [1.165, 1.54) is 4.68 Å². The quantitative estimate of drug-likeness (QED) is 0.867. The fraction of sp³-hybridized carbons (Fsp3) is 0.333. The number of nitrogens with zero attached hydrogens (tertiary/aromatic N) is 3. The van der Waals surface area contributed by atoms with Gasteiger partial charge in [0, 0.05) is 13.1 Å². The lowest BCUT2D eigenvalue weighted by Gasteiger charge is -2.29. The van der Waals surface area contributed by atoms with Crippen LogP contribution in [0.25, 0.3) is 0 Å². The molecule has 0 atom stereocenters. The molecule has 0 aliphatic carbocycles. The van der Waals surface area contributed by atoms with Gasteiger partial charge in [-0.25, -0.2) is 4.68 Å². The number of halogens is 1. The van der Waals surface area contributed by atoms with E-state index in [0.717, 1.165) is 18.7 Å². The largest absolute Gasteiger partial charge is 0.378 e. The Morgan fingerprint density at radius 2 is 1.90 bits per heavy atom. The van der Waals surface area contributed by atoms with E-state index in [2.05, 4.69) is 5.10 Å². The van der Waals surface area contributed by atoms with Gasteiger partial charge in [0.25, 0.3) is 5.56 Å². The molecule has 2 heterocycles. The Morgan fingerprint density at radius 1 is 1.19 bits per heavy atom. The van der Waals surface area contributed by atoms with Crippen LogP contribution in [0.2, 0.25) is 5.02 Å². The van der Waals surface area contributed by atoms with Crippen LogP contribution < -0.4 is 10.5 Å². The molecule has 0 amide bonds. The summed E-state index contributed by atoms with van der Waals surface area (Å²) in [6.07, 6.45) is 1.66. The lowest BCUT2D eigenvalue weighted by atomic mass is 10.2. The molecular formula is C15H16ClN3O2. The van der Waals surface area contributed by atoms with Crippen LogP contribution in [-0.4, -0.2) is 36.1 Å². The van der Waals surface area contributed by atoms with Gasteiger partial charge in [-0.1, -0.05) is 41.9 Å². The van der Waals surface area contributed by atoms with Crippen LogP contribution in [0.15, 0.2) is 41.3 Å². The highest BCUT2D eigenvalue weighted by Crippen LogP contribution is 2.21. The number of rotatable bonds is 3. The fourth-order valence-electron chi connectivity index (χ4n) is 2.35. The van der Waals surface area contributed by atoms with Gasteiger partial charge in [-0.05, 0) is 5.56 Å². The number of morpholine rings is 1. The third kappa shape index (κ3) is 3.09. The van der Waals surface area contributed by atoms with Crippen LogP contribution in [0.1, 0.15) is 5.56 Å². The average molecular weight is 306 g/mol. The van der Waals surface area contributed by atoms with Crippen molar-refractivity contribution in [2.45, 2.75) is 6.54 Å². The molecule has 0 spiro atoms. The van der Waals surface area contributed by atoms with Gasteiger partial charge < -0.3 is 9.64 Å². The van der Waals surface area contributed by atoms with Crippen LogP contribution in [0.3, 0.4) is 0 Å². The summed E-state index contributed by atoms with van der Waals surface area (Å²) in [6.45, 7) is 3.16. The van der Waals surface area contributed by atoms with E-state index >= 15 is 0 Å². The first-order valence-corrected chi connectivity index (χ1v) is 7.26. The molecule has 1 aliphatic heterocycles. The van der Waals surface area contributed by atoms with Crippen molar-refractivity contribution >= 4 is 17.3 Å². The highest BCUT2D eigenvalue weighted by atomic mass is 35.5. The van der Waals surface area contributed by atoms with Crippen molar-refractivity contribution in [3.8, 4) is 0 Å². The van der Waals surface area contributed by atoms with Gasteiger partial charge in [-0.15, -0.1) is 0 Å². The van der Waals surface area contributed by atoms with E-state index in [4.69, 9.17) is 16.3 Å². The Hall–Kier alpha value is -1.85. The molecule has 1 saturated heterocycles. The van der Waals surface area contributed by atoms with E-state index in [0.29, 0.717) is 25.4 Å². The molecule has 0 radical (unpaired) electrons. The van der Waals surface area contributed by atoms with Crippen LogP contribution in [0.5, 0.6) is 0 Å². The molecule has 2 aromatic rings. The first-order chi connectivity index (χ1) is 10.3. The predicted octanol–water partition coefficient (Wildman–Crippen LogP) is 1.78. The van der Waals surface area contributed by atoms with Gasteiger partial charge >= 0.3 is 0 Å². The van der Waals surface area contributed by atoms with Crippen molar-refractivity contribution in [2.75, 3.05) is 31.2 Å². The van der Waals surface area contributed by atoms with E-state index in [1.54, 1.807) is 6.20 Å². The predicted molar refractivity (Wildman–Crippen MR) is 82.1 cm³/mol. The smallest absolute Gasteiger partial charge is 0.287 e. The Bertz CT molecular complexity index is 666. The van der Waals surface area contributed by atoms with Gasteiger partial charge in [-0.2, -0.15) is 5.10 Å². The maximum atomic E-state index is 12.3. The summed E-state index contributed by atoms with van der Waals surface area (Å²) in [4.78, 5) is 14.4. The summed E-state index contributed by atoms with van der Waals surface area (Å²) in [7, 11) is 0. The van der Waals surface area contributed by atoms with Crippen molar-refractivity contribution in [3.63, 3.8) is 0 Å². The van der Waals surface area contributed by atoms with Crippen LogP contribution in [-0.2, 0) is 11.3 Å². The Labute approximate surface area is 127 Å². The Kier molecular flexibility index (Phi) is 4.22. The molecule has 0 unspecified atom stereocenters. The van der Waals surface area contributed by atoms with Crippen LogP contribution in [0, 0.1) is 0 Å². The second-order valence-electron chi connectivity index (χ2n) is 4.89. The molecule has 1 aromatic carbocycles. The molecule has 0 saturated carbocycles. The van der Waals surface area contributed by atoms with E-state index in [1.807, 2.05) is 35.2 Å². The zero-order valence-corrected chi connectivity index (χ0v) is 12.3. The number of hydrogen-bond acceptors (Lipinski definition) is 4. The highest BCUT2D eigenvalue weighted by Gasteiger charge is 2.17. The standard InChI is InChI=1S/C15H16ClN3O2/c16-14-13(18-6-8-21-9-7-18)10-17-19(15(14)20)11-12-4-2-1-3-5-12/h1-5,10H,6-9,11H2. The maximum Gasteiger partial charge on any atom is 0.287 e. The number of ether oxygens (including phenoxy) is 1. The minimum absolute atomic E-state index is 0.225. The molecular weight excluding hydrogens is 290 g/mol. The summed E-state index contributed by atoms with van der Waals surface area (Å²) in [5.74, 6) is 0. The third-order valence-corrected chi connectivity index (χ3v) is 3.85. The van der Waals surface area contributed by atoms with E-state index in [9.17, 15) is 4.79 Å². The minimum atomic E-state index is -0.260. The zero-order chi connectivity index (χ0) is 14.7. The number of aromatic nitrogens is 2. The number of benzene rings is 1. The molecule has 0 bridgehead atoms. The van der Waals surface area contributed by atoms with Crippen molar-refractivity contribution in [2.24, 2.45) is 0 Å². The van der Waals surface area contributed by atoms with Crippen LogP contribution >= 0.6 is 11.6 Å². The monoisotopic (exact) mass is 305 g/mol. The lowest BCUT2D eigenvalue weighted by molar-refractivity contribution is 0.122. The van der Waals surface area contributed by atoms with Crippen molar-refractivity contribution < 1.29 is 4.74 Å². The number of hydrogen-bond donors (Lipinski definition) is 0. The Morgan fingerprint density at radius 3 is 2.62 bits per heavy atom. The number of anilines is 1. The van der Waals surface area contributed by atoms with E-state index in [-0.39, 0.29) is 10.6 Å². The van der Waals surface area contributed by atoms with Gasteiger partial charge in [0.2, 0.25) is 0 Å². The van der Waals surface area contributed by atoms with Crippen LogP contribution in [0.4, 0.5) is 5.69 Å². The van der Waals surface area contributed by atoms with Gasteiger partial charge in [0.15, 0.2) is 0 Å². The average Bonchev–Trinajstić information content (AvgIpc) is 2.54. The molecule has 3 rings (SSSR count). The molecule has 1 fully saturated rings. The third-order valence-electron chi connectivity index (χ3n) is 3.49. The normalized spacial score (nSPS) is 15.2. The molecule has 1 aromatic heterocycles. The summed E-state index contributed by atoms with van der Waals surface area (Å²) in [5, 5.41) is 4.47. The van der Waals surface area contributed by atoms with Crippen molar-refractivity contribution in [3.05, 3.63) is 57.5 Å². The van der Waals surface area contributed by atoms with Gasteiger partial charge in [0.1, 0.15) is 5.02 Å². The first-order valence-electron chi connectivity index (χ1n) is 6.88. The summed E-state index contributed by atoms with van der Waals surface area (Å²) >= 11 is 6.24. The van der Waals surface area contributed by atoms with Crippen molar-refractivity contribution in [1.82, 2.24) is 9.78 Å². The van der Waals surface area contributed by atoms with Gasteiger partial charge in [0.05, 0.1) is 31.6 Å². The SMILES string of the molecule is O=c1c(Cl)c(N2CCOCC2)cnn1Cc1ccccc1. The second kappa shape index (κ2) is 6.28. The molecule has 0 N–H and O–H groups in total. The topological polar surface area (TPSA) is 47.4 Å². The van der Waals surface area contributed by atoms with Crippen molar-refractivity contribution in [1.29, 1.82) is 0 Å². The fourth-order valence-corrected chi connectivity index (χ4v) is 2.62. The zero-order valence-electron chi connectivity index (χ0n) is 11.5. The lowest BCUT2D eigenvalue weighted by Crippen LogP contribution is -2.38. The highest BCUT2D eigenvalue weighted by molar-refractivity contribution is 6.33. The Balaban J connectivity index is 1.87. The first kappa shape index (κ1) is 14.1. The molecule has 6 heteroatoms. The summed E-state index contributed by atoms with van der Waals surface area (Å²) < 4.78 is 6.70. The molecule has 110 valence electrons. The summed E-state index contributed by atoms with van der Waals surface area (Å²) in [5.41, 5.74) is 1.45. The second-order valence-corrected chi connectivity index (χ2v) is 5.27. The molecule has 1 aliphatic rings. The van der Waals surface area contributed by atoms with Gasteiger partial charge in [-0.3, -0.25) is 4.79 Å². The molecule has 21 heavy (non-hydrogen) atoms. The summed E-state index contributed by atoms with van der Waals surface area (Å²) in [6, 6.07) is 9.72. The van der Waals surface area contributed by atoms with E-state index < -0.39 is 0 Å². The molecule has 5 nitrogen and oxygen atoms in total.